The van der Waals surface area contributed by atoms with Crippen molar-refractivity contribution in [1.82, 2.24) is 15.1 Å². The second-order valence-electron chi connectivity index (χ2n) is 7.01. The first-order valence-electron chi connectivity index (χ1n) is 9.30. The molecule has 0 saturated heterocycles. The van der Waals surface area contributed by atoms with Crippen molar-refractivity contribution in [2.75, 3.05) is 46.0 Å². The van der Waals surface area contributed by atoms with Gasteiger partial charge in [0, 0.05) is 32.3 Å². The third kappa shape index (κ3) is 10.2. The van der Waals surface area contributed by atoms with Crippen LogP contribution in [-0.4, -0.2) is 67.0 Å². The van der Waals surface area contributed by atoms with Crippen molar-refractivity contribution in [2.24, 2.45) is 5.92 Å². The number of rotatable bonds is 10. The Kier molecular flexibility index (Phi) is 11.2. The fourth-order valence-electron chi connectivity index (χ4n) is 3.13. The molecule has 5 nitrogen and oxygen atoms in total. The molecule has 0 heterocycles. The highest BCUT2D eigenvalue weighted by molar-refractivity contribution is 8.13. The van der Waals surface area contributed by atoms with Crippen molar-refractivity contribution in [3.8, 4) is 0 Å². The standard InChI is InChI=1S/C18H35N3O2S/c1-16(22)24-15-14-21(13-10-17-8-5-4-6-9-17)18(23)19-11-7-12-20(2)3/h17H,4-15H2,1-3H3,(H,19,23). The van der Waals surface area contributed by atoms with Crippen LogP contribution in [-0.2, 0) is 4.79 Å². The van der Waals surface area contributed by atoms with Gasteiger partial charge in [0.15, 0.2) is 5.12 Å². The number of nitrogens with zero attached hydrogens (tertiary/aromatic N) is 2. The molecule has 0 aromatic rings. The lowest BCUT2D eigenvalue weighted by molar-refractivity contribution is -0.109. The summed E-state index contributed by atoms with van der Waals surface area (Å²) in [5.41, 5.74) is 0. The Labute approximate surface area is 151 Å². The van der Waals surface area contributed by atoms with Crippen LogP contribution in [0, 0.1) is 5.92 Å². The zero-order valence-electron chi connectivity index (χ0n) is 15.7. The van der Waals surface area contributed by atoms with Gasteiger partial charge < -0.3 is 15.1 Å². The first kappa shape index (κ1) is 21.3. The van der Waals surface area contributed by atoms with Crippen LogP contribution in [0.1, 0.15) is 51.9 Å². The number of thioether (sulfide) groups is 1. The van der Waals surface area contributed by atoms with Gasteiger partial charge in [-0.05, 0) is 39.4 Å². The summed E-state index contributed by atoms with van der Waals surface area (Å²) in [7, 11) is 4.08. The quantitative estimate of drug-likeness (QED) is 0.610. The average Bonchev–Trinajstić information content (AvgIpc) is 2.55. The average molecular weight is 358 g/mol. The molecule has 0 aromatic heterocycles. The van der Waals surface area contributed by atoms with Crippen molar-refractivity contribution in [1.29, 1.82) is 0 Å². The predicted molar refractivity (Wildman–Crippen MR) is 102 cm³/mol. The Morgan fingerprint density at radius 3 is 2.42 bits per heavy atom. The fourth-order valence-corrected chi connectivity index (χ4v) is 3.73. The molecule has 0 aromatic carbocycles. The Morgan fingerprint density at radius 2 is 1.79 bits per heavy atom. The fraction of sp³-hybridized carbons (Fsp3) is 0.889. The van der Waals surface area contributed by atoms with Crippen molar-refractivity contribution in [3.63, 3.8) is 0 Å². The number of carbonyl (C=O) groups is 2. The van der Waals surface area contributed by atoms with Crippen LogP contribution in [0.15, 0.2) is 0 Å². The molecule has 0 bridgehead atoms. The number of hydrogen-bond donors (Lipinski definition) is 1. The zero-order valence-corrected chi connectivity index (χ0v) is 16.5. The van der Waals surface area contributed by atoms with Gasteiger partial charge in [-0.1, -0.05) is 43.9 Å². The molecule has 1 aliphatic carbocycles. The highest BCUT2D eigenvalue weighted by atomic mass is 32.2. The summed E-state index contributed by atoms with van der Waals surface area (Å²) in [6.45, 7) is 4.72. The van der Waals surface area contributed by atoms with Crippen LogP contribution in [0.4, 0.5) is 4.79 Å². The van der Waals surface area contributed by atoms with Crippen LogP contribution < -0.4 is 5.32 Å². The van der Waals surface area contributed by atoms with Crippen molar-refractivity contribution < 1.29 is 9.59 Å². The van der Waals surface area contributed by atoms with Crippen LogP contribution in [0.5, 0.6) is 0 Å². The smallest absolute Gasteiger partial charge is 0.317 e. The van der Waals surface area contributed by atoms with Gasteiger partial charge in [0.25, 0.3) is 0 Å². The second-order valence-corrected chi connectivity index (χ2v) is 8.28. The van der Waals surface area contributed by atoms with Gasteiger partial charge in [0.1, 0.15) is 0 Å². The minimum absolute atomic E-state index is 0.0220. The van der Waals surface area contributed by atoms with Crippen molar-refractivity contribution in [2.45, 2.75) is 51.9 Å². The summed E-state index contributed by atoms with van der Waals surface area (Å²) in [6.07, 6.45) is 8.69. The molecule has 1 fully saturated rings. The monoisotopic (exact) mass is 357 g/mol. The first-order chi connectivity index (χ1) is 11.5. The van der Waals surface area contributed by atoms with Gasteiger partial charge in [0.05, 0.1) is 0 Å². The molecule has 1 saturated carbocycles. The largest absolute Gasteiger partial charge is 0.338 e. The lowest BCUT2D eigenvalue weighted by Crippen LogP contribution is -2.43. The van der Waals surface area contributed by atoms with Gasteiger partial charge in [0.2, 0.25) is 0 Å². The van der Waals surface area contributed by atoms with E-state index in [0.717, 1.165) is 31.8 Å². The maximum absolute atomic E-state index is 12.4. The van der Waals surface area contributed by atoms with E-state index in [1.807, 2.05) is 19.0 Å². The van der Waals surface area contributed by atoms with Crippen molar-refractivity contribution in [3.05, 3.63) is 0 Å². The molecule has 6 heteroatoms. The zero-order chi connectivity index (χ0) is 17.8. The maximum atomic E-state index is 12.4. The molecule has 0 unspecified atom stereocenters. The molecular weight excluding hydrogens is 322 g/mol. The van der Waals surface area contributed by atoms with Crippen LogP contribution in [0.3, 0.4) is 0 Å². The van der Waals surface area contributed by atoms with E-state index in [2.05, 4.69) is 10.2 Å². The minimum atomic E-state index is 0.0220. The highest BCUT2D eigenvalue weighted by Crippen LogP contribution is 2.26. The van der Waals surface area contributed by atoms with Gasteiger partial charge in [-0.25, -0.2) is 4.79 Å². The van der Waals surface area contributed by atoms with Crippen LogP contribution in [0.25, 0.3) is 0 Å². The second kappa shape index (κ2) is 12.6. The van der Waals surface area contributed by atoms with Crippen molar-refractivity contribution >= 4 is 22.9 Å². The van der Waals surface area contributed by atoms with Crippen LogP contribution >= 0.6 is 11.8 Å². The molecule has 2 amide bonds. The van der Waals surface area contributed by atoms with E-state index in [9.17, 15) is 9.59 Å². The van der Waals surface area contributed by atoms with E-state index in [-0.39, 0.29) is 11.1 Å². The Balaban J connectivity index is 2.36. The van der Waals surface area contributed by atoms with Gasteiger partial charge >= 0.3 is 6.03 Å². The summed E-state index contributed by atoms with van der Waals surface area (Å²) in [5, 5.41) is 3.15. The third-order valence-corrected chi connectivity index (χ3v) is 5.34. The number of nitrogens with one attached hydrogen (secondary N) is 1. The molecular formula is C18H35N3O2S. The van der Waals surface area contributed by atoms with Gasteiger partial charge in [-0.2, -0.15) is 0 Å². The van der Waals surface area contributed by atoms with E-state index in [1.54, 1.807) is 6.92 Å². The summed E-state index contributed by atoms with van der Waals surface area (Å²) in [6, 6.07) is 0.0220. The summed E-state index contributed by atoms with van der Waals surface area (Å²) in [5.74, 6) is 1.45. The predicted octanol–water partition coefficient (Wildman–Crippen LogP) is 3.20. The number of amides is 2. The molecule has 140 valence electrons. The van der Waals surface area contributed by atoms with Gasteiger partial charge in [-0.15, -0.1) is 0 Å². The Morgan fingerprint density at radius 1 is 1.08 bits per heavy atom. The minimum Gasteiger partial charge on any atom is -0.338 e. The molecule has 0 atom stereocenters. The molecule has 1 aliphatic rings. The Hall–Kier alpha value is -0.750. The van der Waals surface area contributed by atoms with E-state index in [1.165, 1.54) is 43.9 Å². The maximum Gasteiger partial charge on any atom is 0.317 e. The van der Waals surface area contributed by atoms with Crippen LogP contribution in [0.2, 0.25) is 0 Å². The summed E-state index contributed by atoms with van der Waals surface area (Å²) >= 11 is 1.30. The molecule has 1 rings (SSSR count). The summed E-state index contributed by atoms with van der Waals surface area (Å²) in [4.78, 5) is 27.6. The molecule has 1 N–H and O–H groups in total. The molecule has 0 radical (unpaired) electrons. The topological polar surface area (TPSA) is 52.7 Å². The number of carbonyl (C=O) groups excluding carboxylic acids is 2. The molecule has 24 heavy (non-hydrogen) atoms. The lowest BCUT2D eigenvalue weighted by atomic mass is 9.87. The van der Waals surface area contributed by atoms with E-state index in [0.29, 0.717) is 18.8 Å². The summed E-state index contributed by atoms with van der Waals surface area (Å²) < 4.78 is 0. The van der Waals surface area contributed by atoms with E-state index in [4.69, 9.17) is 0 Å². The van der Waals surface area contributed by atoms with Gasteiger partial charge in [-0.3, -0.25) is 4.79 Å². The third-order valence-electron chi connectivity index (χ3n) is 4.54. The number of hydrogen-bond acceptors (Lipinski definition) is 4. The Bertz CT molecular complexity index is 371. The SMILES string of the molecule is CC(=O)SCCN(CCC1CCCCC1)C(=O)NCCCN(C)C. The molecule has 0 aliphatic heterocycles. The first-order valence-corrected chi connectivity index (χ1v) is 10.3. The molecule has 0 spiro atoms. The normalized spacial score (nSPS) is 15.5. The highest BCUT2D eigenvalue weighted by Gasteiger charge is 2.18. The van der Waals surface area contributed by atoms with E-state index >= 15 is 0 Å². The lowest BCUT2D eigenvalue weighted by Gasteiger charge is -2.27. The van der Waals surface area contributed by atoms with E-state index < -0.39 is 0 Å². The number of urea groups is 1.